The zero-order valence-corrected chi connectivity index (χ0v) is 12.8. The van der Waals surface area contributed by atoms with E-state index in [9.17, 15) is 18.5 Å². The van der Waals surface area contributed by atoms with Crippen molar-refractivity contribution in [1.29, 1.82) is 0 Å². The van der Waals surface area contributed by atoms with E-state index in [1.165, 1.54) is 12.1 Å². The van der Waals surface area contributed by atoms with E-state index in [-0.39, 0.29) is 21.5 Å². The molecule has 0 spiro atoms. The average Bonchev–Trinajstić information content (AvgIpc) is 2.46. The van der Waals surface area contributed by atoms with Gasteiger partial charge in [0.25, 0.3) is 5.69 Å². The van der Waals surface area contributed by atoms with Gasteiger partial charge >= 0.3 is 0 Å². The Hall–Kier alpha value is -1.22. The third-order valence-electron chi connectivity index (χ3n) is 3.44. The van der Waals surface area contributed by atoms with Crippen LogP contribution in [0.3, 0.4) is 0 Å². The number of hydrogen-bond acceptors (Lipinski definition) is 5. The number of hydrogen-bond donors (Lipinski definition) is 2. The number of rotatable bonds is 5. The Bertz CT molecular complexity index is 629. The lowest BCUT2D eigenvalue weighted by Gasteiger charge is -2.22. The SMILES string of the molecule is O=[N+]([O-])c1ccc(Cl)c(S(=O)(=O)NCC2CCNCC2)c1. The highest BCUT2D eigenvalue weighted by molar-refractivity contribution is 7.89. The zero-order chi connectivity index (χ0) is 15.5. The van der Waals surface area contributed by atoms with Crippen molar-refractivity contribution in [3.63, 3.8) is 0 Å². The average molecular weight is 334 g/mol. The Labute approximate surface area is 127 Å². The Morgan fingerprint density at radius 2 is 2.05 bits per heavy atom. The van der Waals surface area contributed by atoms with Crippen LogP contribution in [-0.4, -0.2) is 33.0 Å². The van der Waals surface area contributed by atoms with Crippen LogP contribution in [0.2, 0.25) is 5.02 Å². The molecule has 1 aliphatic heterocycles. The largest absolute Gasteiger partial charge is 0.317 e. The number of benzene rings is 1. The van der Waals surface area contributed by atoms with Crippen molar-refractivity contribution in [3.8, 4) is 0 Å². The summed E-state index contributed by atoms with van der Waals surface area (Å²) in [7, 11) is -3.85. The minimum absolute atomic E-state index is 0.0292. The maximum absolute atomic E-state index is 12.2. The van der Waals surface area contributed by atoms with Crippen molar-refractivity contribution >= 4 is 27.3 Å². The summed E-state index contributed by atoms with van der Waals surface area (Å²) in [5.41, 5.74) is -0.304. The topological polar surface area (TPSA) is 101 Å². The van der Waals surface area contributed by atoms with Crippen molar-refractivity contribution in [2.75, 3.05) is 19.6 Å². The quantitative estimate of drug-likeness (QED) is 0.628. The summed E-state index contributed by atoms with van der Waals surface area (Å²) in [6.45, 7) is 2.04. The zero-order valence-electron chi connectivity index (χ0n) is 11.2. The second kappa shape index (κ2) is 6.69. The summed E-state index contributed by atoms with van der Waals surface area (Å²) in [6.07, 6.45) is 1.79. The number of nitro groups is 1. The monoisotopic (exact) mass is 333 g/mol. The summed E-state index contributed by atoms with van der Waals surface area (Å²) in [5, 5.41) is 13.9. The van der Waals surface area contributed by atoms with Crippen LogP contribution >= 0.6 is 11.6 Å². The van der Waals surface area contributed by atoms with Gasteiger partial charge < -0.3 is 5.32 Å². The van der Waals surface area contributed by atoms with Crippen molar-refractivity contribution in [1.82, 2.24) is 10.0 Å². The first kappa shape index (κ1) is 16.2. The van der Waals surface area contributed by atoms with E-state index in [0.717, 1.165) is 32.0 Å². The summed E-state index contributed by atoms with van der Waals surface area (Å²) >= 11 is 5.86. The molecule has 0 saturated carbocycles. The molecule has 1 aliphatic rings. The molecule has 7 nitrogen and oxygen atoms in total. The normalized spacial score (nSPS) is 16.8. The number of nitrogens with zero attached hydrogens (tertiary/aromatic N) is 1. The highest BCUT2D eigenvalue weighted by Gasteiger charge is 2.23. The van der Waals surface area contributed by atoms with Crippen LogP contribution in [0, 0.1) is 16.0 Å². The van der Waals surface area contributed by atoms with Gasteiger partial charge in [-0.1, -0.05) is 11.6 Å². The van der Waals surface area contributed by atoms with Gasteiger partial charge in [-0.3, -0.25) is 10.1 Å². The van der Waals surface area contributed by atoms with Crippen molar-refractivity contribution in [2.45, 2.75) is 17.7 Å². The van der Waals surface area contributed by atoms with Crippen molar-refractivity contribution in [2.24, 2.45) is 5.92 Å². The second-order valence-corrected chi connectivity index (χ2v) is 7.06. The predicted molar refractivity (Wildman–Crippen MR) is 78.9 cm³/mol. The van der Waals surface area contributed by atoms with Crippen LogP contribution < -0.4 is 10.0 Å². The van der Waals surface area contributed by atoms with Crippen LogP contribution in [0.15, 0.2) is 23.1 Å². The molecule has 0 unspecified atom stereocenters. The molecular weight excluding hydrogens is 318 g/mol. The summed E-state index contributed by atoms with van der Waals surface area (Å²) in [5.74, 6) is 0.262. The summed E-state index contributed by atoms with van der Waals surface area (Å²) in [4.78, 5) is 9.83. The molecule has 2 N–H and O–H groups in total. The van der Waals surface area contributed by atoms with E-state index >= 15 is 0 Å². The van der Waals surface area contributed by atoms with Crippen LogP contribution in [0.5, 0.6) is 0 Å². The van der Waals surface area contributed by atoms with Gasteiger partial charge in [0.1, 0.15) is 4.90 Å². The fourth-order valence-corrected chi connectivity index (χ4v) is 3.84. The van der Waals surface area contributed by atoms with Gasteiger partial charge in [0.05, 0.1) is 9.95 Å². The minimum Gasteiger partial charge on any atom is -0.317 e. The molecule has 0 radical (unpaired) electrons. The van der Waals surface area contributed by atoms with E-state index < -0.39 is 14.9 Å². The molecule has 116 valence electrons. The number of nitro benzene ring substituents is 1. The smallest absolute Gasteiger partial charge is 0.270 e. The highest BCUT2D eigenvalue weighted by Crippen LogP contribution is 2.26. The molecule has 0 amide bonds. The van der Waals surface area contributed by atoms with Gasteiger partial charge in [0, 0.05) is 18.7 Å². The second-order valence-electron chi connectivity index (χ2n) is 4.92. The van der Waals surface area contributed by atoms with Crippen LogP contribution in [0.4, 0.5) is 5.69 Å². The fourth-order valence-electron chi connectivity index (χ4n) is 2.20. The standard InChI is InChI=1S/C12H16ClN3O4S/c13-11-2-1-10(16(17)18)7-12(11)21(19,20)15-8-9-3-5-14-6-4-9/h1-2,7,9,14-15H,3-6,8H2. The molecule has 1 saturated heterocycles. The third-order valence-corrected chi connectivity index (χ3v) is 5.34. The molecule has 1 aromatic rings. The minimum atomic E-state index is -3.85. The predicted octanol–water partition coefficient (Wildman–Crippen LogP) is 1.53. The van der Waals surface area contributed by atoms with Gasteiger partial charge in [-0.25, -0.2) is 13.1 Å². The first-order valence-corrected chi connectivity index (χ1v) is 8.40. The van der Waals surface area contributed by atoms with E-state index in [0.29, 0.717) is 6.54 Å². The molecule has 21 heavy (non-hydrogen) atoms. The molecule has 9 heteroatoms. The Balaban J connectivity index is 2.14. The van der Waals surface area contributed by atoms with Gasteiger partial charge in [0.15, 0.2) is 0 Å². The van der Waals surface area contributed by atoms with Crippen LogP contribution in [0.25, 0.3) is 0 Å². The lowest BCUT2D eigenvalue weighted by Crippen LogP contribution is -2.36. The van der Waals surface area contributed by atoms with Gasteiger partial charge in [-0.15, -0.1) is 0 Å². The lowest BCUT2D eigenvalue weighted by molar-refractivity contribution is -0.385. The number of nitrogens with one attached hydrogen (secondary N) is 2. The van der Waals surface area contributed by atoms with Gasteiger partial charge in [0.2, 0.25) is 10.0 Å². The maximum Gasteiger partial charge on any atom is 0.270 e. The molecule has 0 atom stereocenters. The molecular formula is C12H16ClN3O4S. The molecule has 0 aliphatic carbocycles. The molecule has 0 bridgehead atoms. The first-order valence-electron chi connectivity index (χ1n) is 6.54. The van der Waals surface area contributed by atoms with E-state index in [1.54, 1.807) is 0 Å². The van der Waals surface area contributed by atoms with Gasteiger partial charge in [-0.2, -0.15) is 0 Å². The van der Waals surface area contributed by atoms with Crippen LogP contribution in [0.1, 0.15) is 12.8 Å². The maximum atomic E-state index is 12.2. The number of non-ortho nitro benzene ring substituents is 1. The van der Waals surface area contributed by atoms with Gasteiger partial charge in [-0.05, 0) is 37.9 Å². The molecule has 1 fully saturated rings. The molecule has 2 rings (SSSR count). The Morgan fingerprint density at radius 1 is 1.38 bits per heavy atom. The Kier molecular flexibility index (Phi) is 5.15. The first-order chi connectivity index (χ1) is 9.90. The fraction of sp³-hybridized carbons (Fsp3) is 0.500. The molecule has 0 aromatic heterocycles. The van der Waals surface area contributed by atoms with E-state index in [2.05, 4.69) is 10.0 Å². The lowest BCUT2D eigenvalue weighted by atomic mass is 9.99. The Morgan fingerprint density at radius 3 is 2.67 bits per heavy atom. The molecule has 1 aromatic carbocycles. The van der Waals surface area contributed by atoms with Crippen molar-refractivity contribution in [3.05, 3.63) is 33.3 Å². The molecule has 1 heterocycles. The number of halogens is 1. The summed E-state index contributed by atoms with van der Waals surface area (Å²) in [6, 6.07) is 3.38. The van der Waals surface area contributed by atoms with E-state index in [1.807, 2.05) is 0 Å². The highest BCUT2D eigenvalue weighted by atomic mass is 35.5. The van der Waals surface area contributed by atoms with Crippen LogP contribution in [-0.2, 0) is 10.0 Å². The number of sulfonamides is 1. The number of piperidine rings is 1. The third kappa shape index (κ3) is 4.13. The van der Waals surface area contributed by atoms with Crippen molar-refractivity contribution < 1.29 is 13.3 Å². The summed E-state index contributed by atoms with van der Waals surface area (Å²) < 4.78 is 27.0. The van der Waals surface area contributed by atoms with E-state index in [4.69, 9.17) is 11.6 Å².